The minimum absolute atomic E-state index is 0.243. The molecule has 0 spiro atoms. The first kappa shape index (κ1) is 10.2. The fraction of sp³-hybridized carbons (Fsp3) is 0.250. The van der Waals surface area contributed by atoms with Gasteiger partial charge in [0.15, 0.2) is 0 Å². The molecule has 5 heteroatoms. The first-order valence-corrected chi connectivity index (χ1v) is 4.98. The number of thiol groups is 1. The van der Waals surface area contributed by atoms with Gasteiger partial charge in [-0.3, -0.25) is 0 Å². The summed E-state index contributed by atoms with van der Waals surface area (Å²) in [7, 11) is -2.68. The Kier molecular flexibility index (Phi) is 3.88. The Morgan fingerprint density at radius 3 is 2.38 bits per heavy atom. The average molecular weight is 201 g/mol. The van der Waals surface area contributed by atoms with Gasteiger partial charge < -0.3 is 5.11 Å². The van der Waals surface area contributed by atoms with Crippen molar-refractivity contribution in [1.82, 2.24) is 4.72 Å². The van der Waals surface area contributed by atoms with Gasteiger partial charge in [0.2, 0.25) is 10.9 Å². The molecule has 2 N–H and O–H groups in total. The Hall–Kier alpha value is -0.910. The molecule has 1 aromatic carbocycles. The van der Waals surface area contributed by atoms with E-state index in [4.69, 9.17) is 5.11 Å². The van der Waals surface area contributed by atoms with Crippen LogP contribution < -0.4 is 4.72 Å². The van der Waals surface area contributed by atoms with Gasteiger partial charge in [-0.25, -0.2) is 13.1 Å². The molecule has 0 radical (unpaired) electrons. The minimum Gasteiger partial charge on any atom is -0.394 e. The van der Waals surface area contributed by atoms with Gasteiger partial charge in [-0.1, -0.05) is 30.3 Å². The number of hydrogen-bond acceptors (Lipinski definition) is 3. The van der Waals surface area contributed by atoms with E-state index in [0.717, 1.165) is 5.56 Å². The van der Waals surface area contributed by atoms with E-state index in [1.54, 1.807) is 24.3 Å². The highest BCUT2D eigenvalue weighted by molar-refractivity contribution is 7.70. The van der Waals surface area contributed by atoms with E-state index in [0.29, 0.717) is 0 Å². The van der Waals surface area contributed by atoms with Crippen LogP contribution in [-0.2, 0) is 10.9 Å². The second-order valence-electron chi connectivity index (χ2n) is 2.53. The molecular weight excluding hydrogens is 190 g/mol. The molecule has 0 aliphatic heterocycles. The monoisotopic (exact) mass is 201 g/mol. The SMILES string of the molecule is O=[SH](=O)NC(CO)c1ccccc1. The predicted molar refractivity (Wildman–Crippen MR) is 49.7 cm³/mol. The van der Waals surface area contributed by atoms with E-state index >= 15 is 0 Å². The zero-order chi connectivity index (χ0) is 9.68. The van der Waals surface area contributed by atoms with Crippen LogP contribution >= 0.6 is 0 Å². The van der Waals surface area contributed by atoms with Gasteiger partial charge in [0.25, 0.3) is 0 Å². The zero-order valence-electron chi connectivity index (χ0n) is 6.88. The van der Waals surface area contributed by atoms with Crippen LogP contribution in [0.1, 0.15) is 11.6 Å². The highest BCUT2D eigenvalue weighted by Crippen LogP contribution is 2.10. The van der Waals surface area contributed by atoms with Crippen LogP contribution in [0, 0.1) is 0 Å². The maximum atomic E-state index is 10.4. The molecular formula is C8H11NO3S. The van der Waals surface area contributed by atoms with E-state index in [2.05, 4.69) is 4.72 Å². The minimum atomic E-state index is -2.68. The normalized spacial score (nSPS) is 13.1. The van der Waals surface area contributed by atoms with Crippen molar-refractivity contribution in [3.05, 3.63) is 35.9 Å². The van der Waals surface area contributed by atoms with Gasteiger partial charge in [0, 0.05) is 0 Å². The number of aliphatic hydroxyl groups excluding tert-OH is 1. The number of rotatable bonds is 4. The lowest BCUT2D eigenvalue weighted by Crippen LogP contribution is -2.22. The molecule has 13 heavy (non-hydrogen) atoms. The maximum Gasteiger partial charge on any atom is 0.202 e. The molecule has 0 amide bonds. The van der Waals surface area contributed by atoms with E-state index in [-0.39, 0.29) is 6.61 Å². The number of aliphatic hydroxyl groups is 1. The van der Waals surface area contributed by atoms with Crippen molar-refractivity contribution < 1.29 is 13.5 Å². The topological polar surface area (TPSA) is 66.4 Å². The lowest BCUT2D eigenvalue weighted by molar-refractivity contribution is 0.259. The summed E-state index contributed by atoms with van der Waals surface area (Å²) in [6.45, 7) is -0.243. The van der Waals surface area contributed by atoms with Crippen LogP contribution in [-0.4, -0.2) is 20.1 Å². The van der Waals surface area contributed by atoms with Crippen molar-refractivity contribution in [2.75, 3.05) is 6.61 Å². The fourth-order valence-electron chi connectivity index (χ4n) is 1.03. The van der Waals surface area contributed by atoms with Crippen LogP contribution in [0.15, 0.2) is 30.3 Å². The molecule has 0 heterocycles. The molecule has 0 saturated heterocycles. The maximum absolute atomic E-state index is 10.4. The quantitative estimate of drug-likeness (QED) is 0.593. The predicted octanol–water partition coefficient (Wildman–Crippen LogP) is -0.164. The number of hydrogen-bond donors (Lipinski definition) is 3. The molecule has 0 aliphatic carbocycles. The molecule has 1 aromatic rings. The van der Waals surface area contributed by atoms with Gasteiger partial charge in [0.05, 0.1) is 12.6 Å². The first-order valence-electron chi connectivity index (χ1n) is 3.80. The van der Waals surface area contributed by atoms with Crippen LogP contribution in [0.25, 0.3) is 0 Å². The van der Waals surface area contributed by atoms with Crippen LogP contribution in [0.5, 0.6) is 0 Å². The third-order valence-electron chi connectivity index (χ3n) is 1.65. The van der Waals surface area contributed by atoms with Crippen molar-refractivity contribution in [3.8, 4) is 0 Å². The van der Waals surface area contributed by atoms with Crippen molar-refractivity contribution in [1.29, 1.82) is 0 Å². The van der Waals surface area contributed by atoms with Gasteiger partial charge in [-0.15, -0.1) is 0 Å². The summed E-state index contributed by atoms with van der Waals surface area (Å²) >= 11 is 0. The summed E-state index contributed by atoms with van der Waals surface area (Å²) in [5, 5.41) is 8.90. The van der Waals surface area contributed by atoms with Crippen molar-refractivity contribution in [2.45, 2.75) is 6.04 Å². The Morgan fingerprint density at radius 2 is 1.92 bits per heavy atom. The molecule has 0 aliphatic rings. The Balaban J connectivity index is 2.78. The van der Waals surface area contributed by atoms with E-state index < -0.39 is 16.9 Å². The fourth-order valence-corrected chi connectivity index (χ4v) is 1.52. The molecule has 1 atom stereocenters. The third kappa shape index (κ3) is 3.14. The molecule has 0 fully saturated rings. The molecule has 0 bridgehead atoms. The molecule has 1 unspecified atom stereocenters. The second-order valence-corrected chi connectivity index (χ2v) is 3.30. The standard InChI is InChI=1S/C8H11NO3S/c10-6-8(9-13(11)12)7-4-2-1-3-5-7/h1-5,8,10,13H,6H2,(H,9,11,12). The molecule has 4 nitrogen and oxygen atoms in total. The Bertz CT molecular complexity index is 315. The van der Waals surface area contributed by atoms with E-state index in [9.17, 15) is 8.42 Å². The summed E-state index contributed by atoms with van der Waals surface area (Å²) in [4.78, 5) is 0. The number of benzene rings is 1. The summed E-state index contributed by atoms with van der Waals surface area (Å²) < 4.78 is 23.0. The lowest BCUT2D eigenvalue weighted by atomic mass is 10.1. The van der Waals surface area contributed by atoms with Crippen molar-refractivity contribution in [3.63, 3.8) is 0 Å². The first-order chi connectivity index (χ1) is 6.24. The van der Waals surface area contributed by atoms with E-state index in [1.807, 2.05) is 6.07 Å². The Labute approximate surface area is 78.3 Å². The van der Waals surface area contributed by atoms with Crippen molar-refractivity contribution in [2.24, 2.45) is 0 Å². The highest BCUT2D eigenvalue weighted by Gasteiger charge is 2.08. The smallest absolute Gasteiger partial charge is 0.202 e. The molecule has 0 saturated carbocycles. The Morgan fingerprint density at radius 1 is 1.31 bits per heavy atom. The van der Waals surface area contributed by atoms with Gasteiger partial charge in [-0.05, 0) is 5.56 Å². The average Bonchev–Trinajstić information content (AvgIpc) is 2.15. The largest absolute Gasteiger partial charge is 0.394 e. The summed E-state index contributed by atoms with van der Waals surface area (Å²) in [5.41, 5.74) is 0.754. The molecule has 72 valence electrons. The van der Waals surface area contributed by atoms with Crippen LogP contribution in [0.2, 0.25) is 0 Å². The van der Waals surface area contributed by atoms with Crippen LogP contribution in [0.3, 0.4) is 0 Å². The number of nitrogens with one attached hydrogen (secondary N) is 1. The van der Waals surface area contributed by atoms with Gasteiger partial charge in [0.1, 0.15) is 0 Å². The highest BCUT2D eigenvalue weighted by atomic mass is 32.2. The zero-order valence-corrected chi connectivity index (χ0v) is 7.78. The van der Waals surface area contributed by atoms with Gasteiger partial charge in [-0.2, -0.15) is 0 Å². The molecule has 1 rings (SSSR count). The summed E-state index contributed by atoms with van der Waals surface area (Å²) in [6, 6.07) is 8.38. The molecule has 0 aromatic heterocycles. The van der Waals surface area contributed by atoms with Crippen LogP contribution in [0.4, 0.5) is 0 Å². The van der Waals surface area contributed by atoms with Crippen molar-refractivity contribution >= 4 is 10.9 Å². The summed E-state index contributed by atoms with van der Waals surface area (Å²) in [6.07, 6.45) is 0. The van der Waals surface area contributed by atoms with E-state index in [1.165, 1.54) is 0 Å². The third-order valence-corrected chi connectivity index (χ3v) is 2.17. The second kappa shape index (κ2) is 4.96. The summed E-state index contributed by atoms with van der Waals surface area (Å²) in [5.74, 6) is 0. The van der Waals surface area contributed by atoms with Gasteiger partial charge >= 0.3 is 0 Å². The lowest BCUT2D eigenvalue weighted by Gasteiger charge is -2.11.